The van der Waals surface area contributed by atoms with Gasteiger partial charge in [0.2, 0.25) is 5.66 Å². The quantitative estimate of drug-likeness (QED) is 0.524. The van der Waals surface area contributed by atoms with Gasteiger partial charge in [-0.1, -0.05) is 49.4 Å². The van der Waals surface area contributed by atoms with E-state index < -0.39 is 23.3 Å². The van der Waals surface area contributed by atoms with Crippen molar-refractivity contribution in [3.63, 3.8) is 0 Å². The molecule has 2 amide bonds. The minimum Gasteiger partial charge on any atom is -0.322 e. The summed E-state index contributed by atoms with van der Waals surface area (Å²) in [4.78, 5) is 43.0. The van der Waals surface area contributed by atoms with Gasteiger partial charge in [0.25, 0.3) is 11.8 Å². The van der Waals surface area contributed by atoms with Gasteiger partial charge in [-0.25, -0.2) is 0 Å². The lowest BCUT2D eigenvalue weighted by Gasteiger charge is -2.40. The molecule has 2 N–H and O–H groups in total. The molecule has 0 fully saturated rings. The third-order valence-corrected chi connectivity index (χ3v) is 6.71. The molecule has 0 radical (unpaired) electrons. The van der Waals surface area contributed by atoms with Gasteiger partial charge in [-0.15, -0.1) is 0 Å². The summed E-state index contributed by atoms with van der Waals surface area (Å²) in [5, 5.41) is 6.13. The molecule has 1 atom stereocenters. The topological polar surface area (TPSA) is 78.5 Å². The summed E-state index contributed by atoms with van der Waals surface area (Å²) in [6, 6.07) is 18.7. The maximum absolute atomic E-state index is 14.1. The molecule has 1 aliphatic rings. The van der Waals surface area contributed by atoms with E-state index in [1.807, 2.05) is 69.3 Å². The SMILES string of the molecule is CCc1ccc(N2C(=O)c3ccccc3CNC2(C(C)=O)C(=O)Nc2cc(C)ccc2C)c(C)c1. The van der Waals surface area contributed by atoms with Crippen LogP contribution in [0.2, 0.25) is 0 Å². The molecule has 1 aliphatic heterocycles. The van der Waals surface area contributed by atoms with Crippen molar-refractivity contribution in [2.45, 2.75) is 53.2 Å². The Balaban J connectivity index is 1.93. The lowest BCUT2D eigenvalue weighted by Crippen LogP contribution is -2.70. The zero-order valence-corrected chi connectivity index (χ0v) is 20.9. The summed E-state index contributed by atoms with van der Waals surface area (Å²) in [5.74, 6) is -1.47. The number of aryl methyl sites for hydroxylation is 4. The van der Waals surface area contributed by atoms with E-state index in [1.54, 1.807) is 12.1 Å². The molecule has 6 nitrogen and oxygen atoms in total. The minimum atomic E-state index is -1.94. The van der Waals surface area contributed by atoms with Crippen molar-refractivity contribution in [1.82, 2.24) is 5.32 Å². The van der Waals surface area contributed by atoms with Crippen LogP contribution in [0, 0.1) is 20.8 Å². The van der Waals surface area contributed by atoms with Crippen LogP contribution in [-0.4, -0.2) is 23.3 Å². The highest BCUT2D eigenvalue weighted by atomic mass is 16.2. The number of Topliss-reactive ketones (excluding diaryl/α,β-unsaturated/α-hetero) is 1. The third-order valence-electron chi connectivity index (χ3n) is 6.71. The molecule has 3 aromatic carbocycles. The van der Waals surface area contributed by atoms with Gasteiger partial charge < -0.3 is 5.32 Å². The van der Waals surface area contributed by atoms with E-state index in [1.165, 1.54) is 11.8 Å². The number of anilines is 2. The Labute approximate surface area is 206 Å². The molecule has 4 rings (SSSR count). The van der Waals surface area contributed by atoms with Crippen molar-refractivity contribution in [2.75, 3.05) is 10.2 Å². The molecule has 0 aliphatic carbocycles. The Hall–Kier alpha value is -3.77. The van der Waals surface area contributed by atoms with Crippen LogP contribution in [0.1, 0.15) is 52.0 Å². The Morgan fingerprint density at radius 2 is 1.74 bits per heavy atom. The number of benzene rings is 3. The van der Waals surface area contributed by atoms with Crippen LogP contribution in [0.3, 0.4) is 0 Å². The van der Waals surface area contributed by atoms with Crippen molar-refractivity contribution in [3.05, 3.63) is 94.0 Å². The van der Waals surface area contributed by atoms with Crippen LogP contribution in [0.15, 0.2) is 60.7 Å². The zero-order valence-electron chi connectivity index (χ0n) is 20.9. The second kappa shape index (κ2) is 9.47. The molecule has 0 aromatic heterocycles. The van der Waals surface area contributed by atoms with Crippen LogP contribution in [0.4, 0.5) is 11.4 Å². The van der Waals surface area contributed by atoms with Gasteiger partial charge in [0.1, 0.15) is 0 Å². The molecule has 180 valence electrons. The van der Waals surface area contributed by atoms with Gasteiger partial charge in [0.05, 0.1) is 0 Å². The molecule has 0 spiro atoms. The number of nitrogens with one attached hydrogen (secondary N) is 2. The van der Waals surface area contributed by atoms with E-state index in [9.17, 15) is 14.4 Å². The predicted molar refractivity (Wildman–Crippen MR) is 139 cm³/mol. The molecular formula is C29H31N3O3. The van der Waals surface area contributed by atoms with Gasteiger partial charge in [0, 0.05) is 23.5 Å². The van der Waals surface area contributed by atoms with E-state index in [-0.39, 0.29) is 6.54 Å². The van der Waals surface area contributed by atoms with Crippen LogP contribution >= 0.6 is 0 Å². The van der Waals surface area contributed by atoms with Crippen molar-refractivity contribution in [3.8, 4) is 0 Å². The molecule has 1 unspecified atom stereocenters. The van der Waals surface area contributed by atoms with Crippen LogP contribution in [0.25, 0.3) is 0 Å². The van der Waals surface area contributed by atoms with Crippen LogP contribution < -0.4 is 15.5 Å². The van der Waals surface area contributed by atoms with Gasteiger partial charge in [-0.3, -0.25) is 24.6 Å². The summed E-state index contributed by atoms with van der Waals surface area (Å²) < 4.78 is 0. The smallest absolute Gasteiger partial charge is 0.273 e. The van der Waals surface area contributed by atoms with Crippen LogP contribution in [-0.2, 0) is 22.6 Å². The maximum Gasteiger partial charge on any atom is 0.273 e. The Bertz CT molecular complexity index is 1330. The van der Waals surface area contributed by atoms with Gasteiger partial charge in [0.15, 0.2) is 5.78 Å². The van der Waals surface area contributed by atoms with Crippen LogP contribution in [0.5, 0.6) is 0 Å². The Kier molecular flexibility index (Phi) is 6.59. The van der Waals surface area contributed by atoms with E-state index in [0.717, 1.165) is 34.2 Å². The molecule has 0 saturated carbocycles. The van der Waals surface area contributed by atoms with E-state index >= 15 is 0 Å². The van der Waals surface area contributed by atoms with Gasteiger partial charge >= 0.3 is 0 Å². The average Bonchev–Trinajstić information content (AvgIpc) is 2.96. The first kappa shape index (κ1) is 24.4. The number of nitrogens with zero attached hydrogens (tertiary/aromatic N) is 1. The number of carbonyl (C=O) groups is 3. The normalized spacial score (nSPS) is 17.5. The lowest BCUT2D eigenvalue weighted by atomic mass is 9.97. The molecule has 0 saturated heterocycles. The van der Waals surface area contributed by atoms with Crippen molar-refractivity contribution in [1.29, 1.82) is 0 Å². The van der Waals surface area contributed by atoms with Gasteiger partial charge in [-0.05, 0) is 80.1 Å². The number of carbonyl (C=O) groups excluding carboxylic acids is 3. The number of fused-ring (bicyclic) bond motifs is 1. The number of amides is 2. The largest absolute Gasteiger partial charge is 0.322 e. The molecule has 1 heterocycles. The fourth-order valence-corrected chi connectivity index (χ4v) is 4.64. The van der Waals surface area contributed by atoms with Crippen molar-refractivity contribution in [2.24, 2.45) is 0 Å². The first-order chi connectivity index (χ1) is 16.7. The Morgan fingerprint density at radius 3 is 2.43 bits per heavy atom. The number of ketones is 1. The third kappa shape index (κ3) is 4.26. The van der Waals surface area contributed by atoms with Crippen molar-refractivity contribution < 1.29 is 14.4 Å². The zero-order chi connectivity index (χ0) is 25.3. The molecule has 3 aromatic rings. The monoisotopic (exact) mass is 469 g/mol. The first-order valence-corrected chi connectivity index (χ1v) is 11.9. The van der Waals surface area contributed by atoms with Gasteiger partial charge in [-0.2, -0.15) is 0 Å². The number of hydrogen-bond acceptors (Lipinski definition) is 4. The second-order valence-electron chi connectivity index (χ2n) is 9.16. The summed E-state index contributed by atoms with van der Waals surface area (Å²) >= 11 is 0. The van der Waals surface area contributed by atoms with E-state index in [2.05, 4.69) is 17.6 Å². The summed E-state index contributed by atoms with van der Waals surface area (Å²) in [7, 11) is 0. The first-order valence-electron chi connectivity index (χ1n) is 11.9. The molecule has 35 heavy (non-hydrogen) atoms. The Morgan fingerprint density at radius 1 is 1.00 bits per heavy atom. The fraction of sp³-hybridized carbons (Fsp3) is 0.276. The minimum absolute atomic E-state index is 0.185. The fourth-order valence-electron chi connectivity index (χ4n) is 4.64. The average molecular weight is 470 g/mol. The second-order valence-corrected chi connectivity index (χ2v) is 9.16. The summed E-state index contributed by atoms with van der Waals surface area (Å²) in [5.41, 5.74) is 4.12. The number of hydrogen-bond donors (Lipinski definition) is 2. The highest BCUT2D eigenvalue weighted by molar-refractivity contribution is 6.24. The highest BCUT2D eigenvalue weighted by Gasteiger charge is 2.53. The van der Waals surface area contributed by atoms with Crippen molar-refractivity contribution >= 4 is 29.0 Å². The predicted octanol–water partition coefficient (Wildman–Crippen LogP) is 4.85. The van der Waals surface area contributed by atoms with E-state index in [4.69, 9.17) is 0 Å². The molecule has 6 heteroatoms. The lowest BCUT2D eigenvalue weighted by molar-refractivity contribution is -0.133. The number of rotatable bonds is 5. The highest BCUT2D eigenvalue weighted by Crippen LogP contribution is 2.34. The summed E-state index contributed by atoms with van der Waals surface area (Å²) in [6.07, 6.45) is 0.834. The molecule has 0 bridgehead atoms. The standard InChI is InChI=1S/C29H31N3O3/c1-6-22-13-14-26(20(4)16-22)32-27(34)24-10-8-7-9-23(24)17-30-29(32,21(5)33)28(35)31-25-15-18(2)11-12-19(25)3/h7-16,30H,6,17H2,1-5H3,(H,31,35). The van der Waals surface area contributed by atoms with E-state index in [0.29, 0.717) is 16.9 Å². The molecular weight excluding hydrogens is 438 g/mol. The maximum atomic E-state index is 14.1. The summed E-state index contributed by atoms with van der Waals surface area (Å²) in [6.45, 7) is 9.31.